The fourth-order valence-electron chi connectivity index (χ4n) is 2.38. The molecule has 0 aliphatic heterocycles. The Labute approximate surface area is 143 Å². The predicted octanol–water partition coefficient (Wildman–Crippen LogP) is 5.17. The maximum atomic E-state index is 10.9. The van der Waals surface area contributed by atoms with Gasteiger partial charge < -0.3 is 5.11 Å². The van der Waals surface area contributed by atoms with Crippen molar-refractivity contribution in [1.29, 1.82) is 0 Å². The van der Waals surface area contributed by atoms with E-state index in [1.54, 1.807) is 18.2 Å². The van der Waals surface area contributed by atoms with Crippen LogP contribution in [0.15, 0.2) is 53.5 Å². The first kappa shape index (κ1) is 16.0. The normalized spacial score (nSPS) is 11.2. The van der Waals surface area contributed by atoms with Crippen molar-refractivity contribution >= 4 is 40.0 Å². The minimum Gasteiger partial charge on any atom is -0.507 e. The predicted molar refractivity (Wildman–Crippen MR) is 95.7 cm³/mol. The average molecular weight is 341 g/mol. The zero-order valence-electron chi connectivity index (χ0n) is 12.7. The van der Waals surface area contributed by atoms with Crippen molar-refractivity contribution < 1.29 is 10.0 Å². The van der Waals surface area contributed by atoms with Crippen molar-refractivity contribution in [3.63, 3.8) is 0 Å². The van der Waals surface area contributed by atoms with Crippen LogP contribution in [0.2, 0.25) is 5.02 Å². The Balaban J connectivity index is 2.07. The molecule has 0 amide bonds. The molecule has 24 heavy (non-hydrogen) atoms. The van der Waals surface area contributed by atoms with Crippen LogP contribution < -0.4 is 0 Å². The molecule has 0 radical (unpaired) electrons. The highest BCUT2D eigenvalue weighted by atomic mass is 35.5. The molecular formula is C18H13ClN2O3. The Morgan fingerprint density at radius 1 is 1.17 bits per heavy atom. The van der Waals surface area contributed by atoms with Crippen molar-refractivity contribution in [1.82, 2.24) is 0 Å². The number of aryl methyl sites for hydroxylation is 1. The molecule has 0 spiro atoms. The van der Waals surface area contributed by atoms with Crippen LogP contribution in [0, 0.1) is 17.0 Å². The molecule has 0 atom stereocenters. The van der Waals surface area contributed by atoms with Gasteiger partial charge in [-0.05, 0) is 47.5 Å². The van der Waals surface area contributed by atoms with Gasteiger partial charge in [-0.15, -0.1) is 0 Å². The molecule has 0 aliphatic rings. The van der Waals surface area contributed by atoms with E-state index in [-0.39, 0.29) is 11.4 Å². The van der Waals surface area contributed by atoms with Gasteiger partial charge in [0.2, 0.25) is 0 Å². The number of nitro benzene ring substituents is 1. The molecule has 6 heteroatoms. The summed E-state index contributed by atoms with van der Waals surface area (Å²) in [6.07, 6.45) is 1.53. The topological polar surface area (TPSA) is 75.7 Å². The van der Waals surface area contributed by atoms with Gasteiger partial charge in [0.05, 0.1) is 10.6 Å². The summed E-state index contributed by atoms with van der Waals surface area (Å²) in [6, 6.07) is 13.0. The van der Waals surface area contributed by atoms with Crippen LogP contribution in [-0.2, 0) is 0 Å². The monoisotopic (exact) mass is 340 g/mol. The highest BCUT2D eigenvalue weighted by Crippen LogP contribution is 2.29. The molecule has 0 heterocycles. The van der Waals surface area contributed by atoms with Crippen LogP contribution >= 0.6 is 11.6 Å². The molecule has 0 unspecified atom stereocenters. The first-order valence-electron chi connectivity index (χ1n) is 7.16. The number of hydrogen-bond acceptors (Lipinski definition) is 4. The molecule has 3 aromatic rings. The van der Waals surface area contributed by atoms with E-state index in [0.29, 0.717) is 27.0 Å². The summed E-state index contributed by atoms with van der Waals surface area (Å²) < 4.78 is 0. The highest BCUT2D eigenvalue weighted by molar-refractivity contribution is 6.31. The molecule has 120 valence electrons. The number of aromatic hydroxyl groups is 1. The number of halogens is 1. The number of fused-ring (bicyclic) bond motifs is 1. The van der Waals surface area contributed by atoms with E-state index in [1.165, 1.54) is 24.4 Å². The molecule has 0 saturated carbocycles. The largest absolute Gasteiger partial charge is 0.507 e. The number of aliphatic imine (C=N–C) groups is 1. The van der Waals surface area contributed by atoms with Crippen molar-refractivity contribution in [2.24, 2.45) is 4.99 Å². The Kier molecular flexibility index (Phi) is 4.18. The van der Waals surface area contributed by atoms with Gasteiger partial charge in [0.15, 0.2) is 0 Å². The van der Waals surface area contributed by atoms with Gasteiger partial charge in [-0.25, -0.2) is 0 Å². The number of nitrogens with zero attached hydrogens (tertiary/aromatic N) is 2. The maximum absolute atomic E-state index is 10.9. The number of benzene rings is 3. The van der Waals surface area contributed by atoms with Gasteiger partial charge in [-0.1, -0.05) is 23.7 Å². The summed E-state index contributed by atoms with van der Waals surface area (Å²) in [6.45, 7) is 1.90. The fourth-order valence-corrected chi connectivity index (χ4v) is 2.55. The van der Waals surface area contributed by atoms with E-state index >= 15 is 0 Å². The van der Waals surface area contributed by atoms with Crippen molar-refractivity contribution in [3.8, 4) is 5.75 Å². The SMILES string of the molecule is Cc1ccc(N=Cc2c(O)ccc3cc([N+](=O)[O-])ccc23)cc1Cl. The zero-order chi connectivity index (χ0) is 17.3. The molecule has 3 aromatic carbocycles. The summed E-state index contributed by atoms with van der Waals surface area (Å²) in [5.74, 6) is 0.0540. The van der Waals surface area contributed by atoms with Gasteiger partial charge in [-0.3, -0.25) is 15.1 Å². The molecule has 0 bridgehead atoms. The van der Waals surface area contributed by atoms with Crippen LogP contribution in [0.5, 0.6) is 5.75 Å². The first-order chi connectivity index (χ1) is 11.5. The van der Waals surface area contributed by atoms with Crippen LogP contribution in [0.25, 0.3) is 10.8 Å². The Morgan fingerprint density at radius 3 is 2.67 bits per heavy atom. The Hall–Kier alpha value is -2.92. The second kappa shape index (κ2) is 6.29. The molecule has 0 fully saturated rings. The summed E-state index contributed by atoms with van der Waals surface area (Å²) in [5.41, 5.74) is 2.11. The zero-order valence-corrected chi connectivity index (χ0v) is 13.5. The van der Waals surface area contributed by atoms with Gasteiger partial charge >= 0.3 is 0 Å². The lowest BCUT2D eigenvalue weighted by Crippen LogP contribution is -1.90. The number of phenolic OH excluding ortho intramolecular Hbond substituents is 1. The molecule has 5 nitrogen and oxygen atoms in total. The van der Waals surface area contributed by atoms with Gasteiger partial charge in [-0.2, -0.15) is 0 Å². The number of hydrogen-bond donors (Lipinski definition) is 1. The number of rotatable bonds is 3. The smallest absolute Gasteiger partial charge is 0.270 e. The molecule has 1 N–H and O–H groups in total. The number of nitro groups is 1. The minimum atomic E-state index is -0.450. The summed E-state index contributed by atoms with van der Waals surface area (Å²) in [5, 5.41) is 23.0. The fraction of sp³-hybridized carbons (Fsp3) is 0.0556. The average Bonchev–Trinajstić information content (AvgIpc) is 2.56. The van der Waals surface area contributed by atoms with Crippen LogP contribution in [0.3, 0.4) is 0 Å². The quantitative estimate of drug-likeness (QED) is 0.406. The van der Waals surface area contributed by atoms with Crippen LogP contribution in [-0.4, -0.2) is 16.2 Å². The van der Waals surface area contributed by atoms with Crippen molar-refractivity contribution in [2.45, 2.75) is 6.92 Å². The molecule has 0 aromatic heterocycles. The van der Waals surface area contributed by atoms with E-state index in [9.17, 15) is 15.2 Å². The maximum Gasteiger partial charge on any atom is 0.270 e. The first-order valence-corrected chi connectivity index (χ1v) is 7.54. The van der Waals surface area contributed by atoms with E-state index < -0.39 is 4.92 Å². The minimum absolute atomic E-state index is 0.00129. The Bertz CT molecular complexity index is 983. The lowest BCUT2D eigenvalue weighted by atomic mass is 10.0. The van der Waals surface area contributed by atoms with Gasteiger partial charge in [0.25, 0.3) is 5.69 Å². The lowest BCUT2D eigenvalue weighted by Gasteiger charge is -2.05. The summed E-state index contributed by atoms with van der Waals surface area (Å²) >= 11 is 6.08. The molecular weight excluding hydrogens is 328 g/mol. The number of non-ortho nitro benzene ring substituents is 1. The van der Waals surface area contributed by atoms with Crippen LogP contribution in [0.4, 0.5) is 11.4 Å². The molecule has 3 rings (SSSR count). The standard InChI is InChI=1S/C18H13ClN2O3/c1-11-2-4-13(9-17(11)19)20-10-16-15-6-5-14(21(23)24)8-12(15)3-7-18(16)22/h2-10,22H,1H3. The van der Waals surface area contributed by atoms with Gasteiger partial charge in [0.1, 0.15) is 5.75 Å². The van der Waals surface area contributed by atoms with E-state index in [1.807, 2.05) is 19.1 Å². The van der Waals surface area contributed by atoms with Gasteiger partial charge in [0, 0.05) is 28.9 Å². The summed E-state index contributed by atoms with van der Waals surface area (Å²) in [4.78, 5) is 14.8. The van der Waals surface area contributed by atoms with Crippen LogP contribution in [0.1, 0.15) is 11.1 Å². The van der Waals surface area contributed by atoms with E-state index in [0.717, 1.165) is 5.56 Å². The van der Waals surface area contributed by atoms with Crippen molar-refractivity contribution in [2.75, 3.05) is 0 Å². The molecule has 0 saturated heterocycles. The Morgan fingerprint density at radius 2 is 1.96 bits per heavy atom. The van der Waals surface area contributed by atoms with Crippen molar-refractivity contribution in [3.05, 3.63) is 74.8 Å². The highest BCUT2D eigenvalue weighted by Gasteiger charge is 2.10. The third-order valence-electron chi connectivity index (χ3n) is 3.73. The summed E-state index contributed by atoms with van der Waals surface area (Å²) in [7, 11) is 0. The molecule has 0 aliphatic carbocycles. The second-order valence-corrected chi connectivity index (χ2v) is 5.76. The third kappa shape index (κ3) is 3.07. The van der Waals surface area contributed by atoms with E-state index in [4.69, 9.17) is 11.6 Å². The number of phenols is 1. The lowest BCUT2D eigenvalue weighted by molar-refractivity contribution is -0.384. The third-order valence-corrected chi connectivity index (χ3v) is 4.14. The van der Waals surface area contributed by atoms with E-state index in [2.05, 4.69) is 4.99 Å². The second-order valence-electron chi connectivity index (χ2n) is 5.35.